The highest BCUT2D eigenvalue weighted by Crippen LogP contribution is 2.43. The van der Waals surface area contributed by atoms with E-state index in [1.807, 2.05) is 54.3 Å². The summed E-state index contributed by atoms with van der Waals surface area (Å²) in [4.78, 5) is 26.2. The van der Waals surface area contributed by atoms with Gasteiger partial charge >= 0.3 is 0 Å². The Labute approximate surface area is 159 Å². The molecule has 1 N–H and O–H groups in total. The van der Waals surface area contributed by atoms with Gasteiger partial charge in [-0.1, -0.05) is 44.2 Å². The number of para-hydroxylation sites is 1. The number of rotatable bonds is 6. The number of thioether (sulfide) groups is 1. The zero-order chi connectivity index (χ0) is 18.5. The number of carbonyl (C=O) groups is 2. The lowest BCUT2D eigenvalue weighted by molar-refractivity contribution is -0.116. The number of nitrogens with zero attached hydrogens (tertiary/aromatic N) is 1. The van der Waals surface area contributed by atoms with Crippen LogP contribution in [-0.2, 0) is 16.0 Å². The summed E-state index contributed by atoms with van der Waals surface area (Å²) in [5, 5.41) is 2.87. The molecule has 1 aliphatic heterocycles. The molecule has 0 aliphatic carbocycles. The third-order valence-corrected chi connectivity index (χ3v) is 5.67. The normalized spacial score (nSPS) is 16.8. The lowest BCUT2D eigenvalue weighted by Crippen LogP contribution is -2.28. The molecule has 3 rings (SSSR count). The fourth-order valence-corrected chi connectivity index (χ4v) is 4.33. The zero-order valence-electron chi connectivity index (χ0n) is 15.2. The summed E-state index contributed by atoms with van der Waals surface area (Å²) in [5.41, 5.74) is 4.04. The highest BCUT2D eigenvalue weighted by Gasteiger charge is 2.34. The summed E-state index contributed by atoms with van der Waals surface area (Å²) in [6, 6.07) is 15.9. The van der Waals surface area contributed by atoms with Gasteiger partial charge in [-0.05, 0) is 42.2 Å². The van der Waals surface area contributed by atoms with E-state index in [9.17, 15) is 9.59 Å². The fraction of sp³-hybridized carbons (Fsp3) is 0.333. The maximum Gasteiger partial charge on any atom is 0.238 e. The van der Waals surface area contributed by atoms with Crippen molar-refractivity contribution in [3.8, 4) is 0 Å². The Kier molecular flexibility index (Phi) is 5.99. The van der Waals surface area contributed by atoms with Gasteiger partial charge in [0, 0.05) is 17.8 Å². The van der Waals surface area contributed by atoms with Gasteiger partial charge in [-0.2, -0.15) is 0 Å². The van der Waals surface area contributed by atoms with Gasteiger partial charge in [-0.15, -0.1) is 11.8 Å². The van der Waals surface area contributed by atoms with E-state index in [1.54, 1.807) is 11.8 Å². The molecule has 4 nitrogen and oxygen atoms in total. The van der Waals surface area contributed by atoms with Crippen LogP contribution in [0.4, 0.5) is 11.4 Å². The van der Waals surface area contributed by atoms with Crippen molar-refractivity contribution in [3.63, 3.8) is 0 Å². The molecule has 2 aromatic carbocycles. The summed E-state index contributed by atoms with van der Waals surface area (Å²) in [7, 11) is 0. The Balaban J connectivity index is 1.83. The fourth-order valence-electron chi connectivity index (χ4n) is 3.16. The molecule has 0 aromatic heterocycles. The second kappa shape index (κ2) is 8.41. The lowest BCUT2D eigenvalue weighted by atomic mass is 10.1. The van der Waals surface area contributed by atoms with E-state index < -0.39 is 0 Å². The minimum atomic E-state index is -0.0319. The molecule has 2 amide bonds. The topological polar surface area (TPSA) is 49.4 Å². The zero-order valence-corrected chi connectivity index (χ0v) is 16.0. The molecule has 26 heavy (non-hydrogen) atoms. The number of carbonyl (C=O) groups excluding carboxylic acids is 2. The van der Waals surface area contributed by atoms with Crippen molar-refractivity contribution < 1.29 is 9.59 Å². The number of hydrogen-bond acceptors (Lipinski definition) is 3. The first kappa shape index (κ1) is 18.5. The first-order valence-corrected chi connectivity index (χ1v) is 10.1. The summed E-state index contributed by atoms with van der Waals surface area (Å²) in [6.07, 6.45) is 2.24. The second-order valence-corrected chi connectivity index (χ2v) is 7.40. The molecule has 0 spiro atoms. The van der Waals surface area contributed by atoms with Crippen molar-refractivity contribution >= 4 is 35.0 Å². The van der Waals surface area contributed by atoms with E-state index in [4.69, 9.17) is 0 Å². The van der Waals surface area contributed by atoms with Crippen LogP contribution in [0, 0.1) is 0 Å². The third-order valence-electron chi connectivity index (χ3n) is 4.46. The van der Waals surface area contributed by atoms with Gasteiger partial charge in [0.05, 0.1) is 5.75 Å². The summed E-state index contributed by atoms with van der Waals surface area (Å²) in [5.74, 6) is 0.655. The quantitative estimate of drug-likeness (QED) is 0.799. The highest BCUT2D eigenvalue weighted by molar-refractivity contribution is 8.00. The monoisotopic (exact) mass is 368 g/mol. The molecule has 1 atom stereocenters. The Morgan fingerprint density at radius 1 is 1.15 bits per heavy atom. The van der Waals surface area contributed by atoms with Gasteiger partial charge in [-0.25, -0.2) is 0 Å². The molecular formula is C21H24N2O2S. The van der Waals surface area contributed by atoms with Crippen molar-refractivity contribution in [2.45, 2.75) is 38.5 Å². The van der Waals surface area contributed by atoms with Crippen LogP contribution >= 0.6 is 11.8 Å². The average molecular weight is 369 g/mol. The van der Waals surface area contributed by atoms with E-state index in [0.29, 0.717) is 12.2 Å². The molecule has 5 heteroatoms. The van der Waals surface area contributed by atoms with Crippen LogP contribution < -0.4 is 10.2 Å². The van der Waals surface area contributed by atoms with Crippen LogP contribution in [-0.4, -0.2) is 17.6 Å². The Hall–Kier alpha value is -2.27. The number of benzene rings is 2. The van der Waals surface area contributed by atoms with Crippen LogP contribution in [0.5, 0.6) is 0 Å². The van der Waals surface area contributed by atoms with Gasteiger partial charge in [-0.3, -0.25) is 14.5 Å². The summed E-state index contributed by atoms with van der Waals surface area (Å²) >= 11 is 1.64. The van der Waals surface area contributed by atoms with Crippen molar-refractivity contribution in [1.29, 1.82) is 0 Å². The standard InChI is InChI=1S/C21H24N2O2S/c1-3-7-19(24)22-17-12-10-16(11-13-17)21-23(20(25)14-26-21)18-9-6-5-8-15(18)4-2/h5-6,8-13,21H,3-4,7,14H2,1-2H3,(H,22,24). The van der Waals surface area contributed by atoms with Crippen LogP contribution in [0.1, 0.15) is 43.2 Å². The maximum atomic E-state index is 12.6. The molecule has 0 bridgehead atoms. The van der Waals surface area contributed by atoms with Crippen molar-refractivity contribution in [1.82, 2.24) is 0 Å². The third kappa shape index (κ3) is 3.93. The molecular weight excluding hydrogens is 344 g/mol. The van der Waals surface area contributed by atoms with Crippen molar-refractivity contribution in [2.75, 3.05) is 16.0 Å². The molecule has 1 aliphatic rings. The molecule has 1 saturated heterocycles. The van der Waals surface area contributed by atoms with E-state index >= 15 is 0 Å². The lowest BCUT2D eigenvalue weighted by Gasteiger charge is -2.26. The highest BCUT2D eigenvalue weighted by atomic mass is 32.2. The smallest absolute Gasteiger partial charge is 0.238 e. The Morgan fingerprint density at radius 2 is 1.88 bits per heavy atom. The van der Waals surface area contributed by atoms with Gasteiger partial charge in [0.1, 0.15) is 5.37 Å². The van der Waals surface area contributed by atoms with Gasteiger partial charge < -0.3 is 5.32 Å². The summed E-state index contributed by atoms with van der Waals surface area (Å²) < 4.78 is 0. The Morgan fingerprint density at radius 3 is 2.58 bits per heavy atom. The van der Waals surface area contributed by atoms with Crippen LogP contribution in [0.3, 0.4) is 0 Å². The average Bonchev–Trinajstić information content (AvgIpc) is 3.04. The molecule has 136 valence electrons. The molecule has 1 heterocycles. The molecule has 1 fully saturated rings. The van der Waals surface area contributed by atoms with Crippen LogP contribution in [0.2, 0.25) is 0 Å². The van der Waals surface area contributed by atoms with E-state index in [2.05, 4.69) is 18.3 Å². The first-order valence-electron chi connectivity index (χ1n) is 9.05. The largest absolute Gasteiger partial charge is 0.326 e. The van der Waals surface area contributed by atoms with Gasteiger partial charge in [0.25, 0.3) is 0 Å². The number of nitrogens with one attached hydrogen (secondary N) is 1. The number of amides is 2. The molecule has 2 aromatic rings. The van der Waals surface area contributed by atoms with Gasteiger partial charge in [0.2, 0.25) is 11.8 Å². The molecule has 1 unspecified atom stereocenters. The molecule has 0 radical (unpaired) electrons. The molecule has 0 saturated carbocycles. The van der Waals surface area contributed by atoms with Crippen molar-refractivity contribution in [3.05, 3.63) is 59.7 Å². The van der Waals surface area contributed by atoms with E-state index in [-0.39, 0.29) is 17.2 Å². The number of anilines is 2. The van der Waals surface area contributed by atoms with Gasteiger partial charge in [0.15, 0.2) is 0 Å². The van der Waals surface area contributed by atoms with Crippen molar-refractivity contribution in [2.24, 2.45) is 0 Å². The Bertz CT molecular complexity index is 789. The number of hydrogen-bond donors (Lipinski definition) is 1. The first-order chi connectivity index (χ1) is 12.6. The number of aryl methyl sites for hydroxylation is 1. The van der Waals surface area contributed by atoms with E-state index in [0.717, 1.165) is 29.8 Å². The maximum absolute atomic E-state index is 12.6. The predicted molar refractivity (Wildman–Crippen MR) is 108 cm³/mol. The predicted octanol–water partition coefficient (Wildman–Crippen LogP) is 4.77. The van der Waals surface area contributed by atoms with Crippen LogP contribution in [0.15, 0.2) is 48.5 Å². The summed E-state index contributed by atoms with van der Waals surface area (Å²) in [6.45, 7) is 4.09. The second-order valence-electron chi connectivity index (χ2n) is 6.33. The van der Waals surface area contributed by atoms with Crippen LogP contribution in [0.25, 0.3) is 0 Å². The van der Waals surface area contributed by atoms with E-state index in [1.165, 1.54) is 5.56 Å². The SMILES string of the molecule is CCCC(=O)Nc1ccc(C2SCC(=O)N2c2ccccc2CC)cc1. The minimum Gasteiger partial charge on any atom is -0.326 e. The minimum absolute atomic E-state index is 0.0316.